The molecule has 2 atom stereocenters. The minimum Gasteiger partial charge on any atom is -0.426 e. The molecule has 3 rings (SSSR count). The Morgan fingerprint density at radius 1 is 1.07 bits per heavy atom. The van der Waals surface area contributed by atoms with Crippen molar-refractivity contribution in [2.24, 2.45) is 23.7 Å². The Balaban J connectivity index is 1.48. The summed E-state index contributed by atoms with van der Waals surface area (Å²) in [6, 6.07) is 2.67. The molecule has 29 heavy (non-hydrogen) atoms. The molecule has 2 unspecified atom stereocenters. The second-order valence-corrected chi connectivity index (χ2v) is 8.40. The van der Waals surface area contributed by atoms with Gasteiger partial charge in [0.2, 0.25) is 0 Å². The van der Waals surface area contributed by atoms with Gasteiger partial charge in [-0.1, -0.05) is 26.2 Å². The average molecular weight is 416 g/mol. The van der Waals surface area contributed by atoms with Gasteiger partial charge in [-0.05, 0) is 68.4 Å². The molecule has 0 aromatic heterocycles. The zero-order chi connectivity index (χ0) is 21.0. The lowest BCUT2D eigenvalue weighted by Gasteiger charge is -2.31. The molecule has 3 nitrogen and oxygen atoms in total. The van der Waals surface area contributed by atoms with E-state index < -0.39 is 23.9 Å². The predicted octanol–water partition coefficient (Wildman–Crippen LogP) is 6.65. The molecular formula is C22H28F4O3. The Morgan fingerprint density at radius 2 is 1.76 bits per heavy atom. The number of halogens is 4. The summed E-state index contributed by atoms with van der Waals surface area (Å²) in [6.07, 6.45) is 4.96. The molecule has 162 valence electrons. The van der Waals surface area contributed by atoms with E-state index in [2.05, 4.69) is 11.7 Å². The van der Waals surface area contributed by atoms with Gasteiger partial charge < -0.3 is 9.47 Å². The molecule has 0 bridgehead atoms. The summed E-state index contributed by atoms with van der Waals surface area (Å²) in [5.74, 6) is -0.684. The summed E-state index contributed by atoms with van der Waals surface area (Å²) in [5.41, 5.74) is 0. The van der Waals surface area contributed by atoms with Crippen molar-refractivity contribution in [2.75, 3.05) is 0 Å². The van der Waals surface area contributed by atoms with Crippen LogP contribution >= 0.6 is 0 Å². The van der Waals surface area contributed by atoms with Gasteiger partial charge in [-0.15, -0.1) is 13.2 Å². The lowest BCUT2D eigenvalue weighted by Crippen LogP contribution is -2.28. The molecule has 0 N–H and O–H groups in total. The van der Waals surface area contributed by atoms with Crippen molar-refractivity contribution < 1.29 is 31.8 Å². The summed E-state index contributed by atoms with van der Waals surface area (Å²) in [6.45, 7) is 2.23. The van der Waals surface area contributed by atoms with E-state index >= 15 is 0 Å². The molecule has 0 aliphatic heterocycles. The highest BCUT2D eigenvalue weighted by Crippen LogP contribution is 2.44. The van der Waals surface area contributed by atoms with Crippen molar-refractivity contribution in [1.29, 1.82) is 0 Å². The van der Waals surface area contributed by atoms with Crippen molar-refractivity contribution in [3.63, 3.8) is 0 Å². The quantitative estimate of drug-likeness (QED) is 0.296. The number of hydrogen-bond donors (Lipinski definition) is 0. The first-order valence-electron chi connectivity index (χ1n) is 10.5. The van der Waals surface area contributed by atoms with E-state index in [9.17, 15) is 22.4 Å². The van der Waals surface area contributed by atoms with Gasteiger partial charge in [-0.2, -0.15) is 0 Å². The zero-order valence-electron chi connectivity index (χ0n) is 16.6. The van der Waals surface area contributed by atoms with Gasteiger partial charge in [0.1, 0.15) is 5.75 Å². The second kappa shape index (κ2) is 9.35. The molecule has 1 aromatic carbocycles. The summed E-state index contributed by atoms with van der Waals surface area (Å²) in [7, 11) is 0. The lowest BCUT2D eigenvalue weighted by atomic mass is 9.75. The molecule has 0 amide bonds. The van der Waals surface area contributed by atoms with Crippen molar-refractivity contribution in [1.82, 2.24) is 0 Å². The molecular weight excluding hydrogens is 388 g/mol. The summed E-state index contributed by atoms with van der Waals surface area (Å²) < 4.78 is 59.2. The van der Waals surface area contributed by atoms with Crippen molar-refractivity contribution in [2.45, 2.75) is 71.1 Å². The van der Waals surface area contributed by atoms with E-state index in [0.29, 0.717) is 5.92 Å². The number of ether oxygens (including phenoxy) is 2. The maximum absolute atomic E-state index is 13.8. The molecule has 0 saturated heterocycles. The van der Waals surface area contributed by atoms with Crippen LogP contribution in [-0.4, -0.2) is 12.3 Å². The van der Waals surface area contributed by atoms with Crippen LogP contribution in [0.25, 0.3) is 0 Å². The van der Waals surface area contributed by atoms with Gasteiger partial charge in [-0.25, -0.2) is 4.39 Å². The van der Waals surface area contributed by atoms with Crippen LogP contribution < -0.4 is 9.47 Å². The molecule has 2 fully saturated rings. The average Bonchev–Trinajstić information content (AvgIpc) is 3.12. The van der Waals surface area contributed by atoms with Gasteiger partial charge in [0.25, 0.3) is 0 Å². The Labute approximate surface area is 168 Å². The van der Waals surface area contributed by atoms with Crippen molar-refractivity contribution in [3.05, 3.63) is 24.0 Å². The first-order chi connectivity index (χ1) is 13.7. The number of rotatable bonds is 6. The largest absolute Gasteiger partial charge is 0.573 e. The van der Waals surface area contributed by atoms with Gasteiger partial charge >= 0.3 is 12.3 Å². The Hall–Kier alpha value is -1.79. The van der Waals surface area contributed by atoms with Gasteiger partial charge in [0, 0.05) is 6.07 Å². The number of esters is 1. The minimum absolute atomic E-state index is 0.109. The summed E-state index contributed by atoms with van der Waals surface area (Å²) in [4.78, 5) is 12.4. The molecule has 2 aliphatic carbocycles. The van der Waals surface area contributed by atoms with Crippen molar-refractivity contribution in [3.8, 4) is 11.5 Å². The molecule has 0 radical (unpaired) electrons. The van der Waals surface area contributed by atoms with E-state index in [1.54, 1.807) is 0 Å². The van der Waals surface area contributed by atoms with Crippen LogP contribution in [0.1, 0.15) is 64.7 Å². The first-order valence-corrected chi connectivity index (χ1v) is 10.5. The third kappa shape index (κ3) is 6.09. The number of alkyl halides is 3. The molecule has 0 heterocycles. The van der Waals surface area contributed by atoms with Gasteiger partial charge in [0.15, 0.2) is 11.6 Å². The standard InChI is InChI=1S/C22H28F4O3/c1-2-3-14-4-5-17(12-14)15-6-8-16(9-7-15)21(27)28-18-10-11-20(19(23)13-18)29-22(24,25)26/h10-11,13-17H,2-9,12H2,1H3. The fourth-order valence-electron chi connectivity index (χ4n) is 4.99. The molecule has 1 aromatic rings. The van der Waals surface area contributed by atoms with Crippen LogP contribution in [0, 0.1) is 29.5 Å². The van der Waals surface area contributed by atoms with Gasteiger partial charge in [0.05, 0.1) is 5.92 Å². The number of hydrogen-bond acceptors (Lipinski definition) is 3. The molecule has 2 saturated carbocycles. The lowest BCUT2D eigenvalue weighted by molar-refractivity contribution is -0.275. The zero-order valence-corrected chi connectivity index (χ0v) is 16.6. The Kier molecular flexibility index (Phi) is 7.06. The fraction of sp³-hybridized carbons (Fsp3) is 0.682. The summed E-state index contributed by atoms with van der Waals surface area (Å²) >= 11 is 0. The van der Waals surface area contributed by atoms with E-state index in [0.717, 1.165) is 55.7 Å². The maximum Gasteiger partial charge on any atom is 0.573 e. The van der Waals surface area contributed by atoms with E-state index in [-0.39, 0.29) is 11.7 Å². The monoisotopic (exact) mass is 416 g/mol. The van der Waals surface area contributed by atoms with Crippen LogP contribution in [0.2, 0.25) is 0 Å². The highest BCUT2D eigenvalue weighted by atomic mass is 19.4. The first kappa shape index (κ1) is 21.9. The van der Waals surface area contributed by atoms with E-state index in [1.165, 1.54) is 32.1 Å². The van der Waals surface area contributed by atoms with Crippen LogP contribution in [-0.2, 0) is 4.79 Å². The van der Waals surface area contributed by atoms with E-state index in [1.807, 2.05) is 0 Å². The molecule has 0 spiro atoms. The number of carbonyl (C=O) groups is 1. The minimum atomic E-state index is -4.98. The molecule has 2 aliphatic rings. The van der Waals surface area contributed by atoms with Crippen LogP contribution in [0.3, 0.4) is 0 Å². The van der Waals surface area contributed by atoms with Crippen LogP contribution in [0.4, 0.5) is 17.6 Å². The SMILES string of the molecule is CCCC1CCC(C2CCC(C(=O)Oc3ccc(OC(F)(F)F)c(F)c3)CC2)C1. The third-order valence-electron chi connectivity index (χ3n) is 6.40. The Morgan fingerprint density at radius 3 is 2.38 bits per heavy atom. The highest BCUT2D eigenvalue weighted by molar-refractivity contribution is 5.75. The predicted molar refractivity (Wildman–Crippen MR) is 99.9 cm³/mol. The maximum atomic E-state index is 13.8. The highest BCUT2D eigenvalue weighted by Gasteiger charge is 2.35. The summed E-state index contributed by atoms with van der Waals surface area (Å²) in [5, 5.41) is 0. The van der Waals surface area contributed by atoms with Gasteiger partial charge in [-0.3, -0.25) is 4.79 Å². The van der Waals surface area contributed by atoms with Crippen LogP contribution in [0.15, 0.2) is 18.2 Å². The number of carbonyl (C=O) groups excluding carboxylic acids is 1. The smallest absolute Gasteiger partial charge is 0.426 e. The topological polar surface area (TPSA) is 35.5 Å². The third-order valence-corrected chi connectivity index (χ3v) is 6.40. The molecule has 7 heteroatoms. The van der Waals surface area contributed by atoms with Crippen LogP contribution in [0.5, 0.6) is 11.5 Å². The Bertz CT molecular complexity index is 696. The fourth-order valence-corrected chi connectivity index (χ4v) is 4.99. The van der Waals surface area contributed by atoms with E-state index in [4.69, 9.17) is 4.74 Å². The normalized spacial score (nSPS) is 27.6. The second-order valence-electron chi connectivity index (χ2n) is 8.40. The number of benzene rings is 1. The van der Waals surface area contributed by atoms with Crippen molar-refractivity contribution >= 4 is 5.97 Å².